The highest BCUT2D eigenvalue weighted by Crippen LogP contribution is 2.43. The maximum atomic E-state index is 14.1. The van der Waals surface area contributed by atoms with Gasteiger partial charge in [-0.15, -0.1) is 0 Å². The number of aromatic amines is 1. The van der Waals surface area contributed by atoms with Gasteiger partial charge in [-0.3, -0.25) is 4.79 Å². The normalized spacial score (nSPS) is 21.2. The van der Waals surface area contributed by atoms with Crippen LogP contribution in [-0.2, 0) is 6.42 Å². The molecule has 1 aromatic carbocycles. The fraction of sp³-hybridized carbons (Fsp3) is 0.294. The third kappa shape index (κ3) is 2.93. The topological polar surface area (TPSA) is 65.2 Å². The second kappa shape index (κ2) is 6.28. The fourth-order valence-electron chi connectivity index (χ4n) is 3.76. The van der Waals surface area contributed by atoms with E-state index in [0.717, 1.165) is 24.0 Å². The molecule has 0 saturated carbocycles. The van der Waals surface area contributed by atoms with Crippen LogP contribution < -0.4 is 10.9 Å². The van der Waals surface area contributed by atoms with Gasteiger partial charge < -0.3 is 15.2 Å². The highest BCUT2D eigenvalue weighted by atomic mass is 127. The van der Waals surface area contributed by atoms with Crippen LogP contribution in [0.25, 0.3) is 0 Å². The molecular formula is C17H14ClFIN3O2. The van der Waals surface area contributed by atoms with Gasteiger partial charge in [0.25, 0.3) is 0 Å². The first-order valence-corrected chi connectivity index (χ1v) is 9.35. The molecule has 1 aromatic heterocycles. The Hall–Kier alpha value is -1.61. The minimum Gasteiger partial charge on any atom is -0.329 e. The van der Waals surface area contributed by atoms with E-state index in [2.05, 4.69) is 10.3 Å². The molecule has 130 valence electrons. The maximum Gasteiger partial charge on any atom is 0.322 e. The number of halogens is 3. The van der Waals surface area contributed by atoms with E-state index in [1.165, 1.54) is 12.1 Å². The summed E-state index contributed by atoms with van der Waals surface area (Å²) >= 11 is 7.89. The number of benzene rings is 1. The van der Waals surface area contributed by atoms with Crippen LogP contribution >= 0.6 is 34.2 Å². The fourth-order valence-corrected chi connectivity index (χ4v) is 4.38. The third-order valence-corrected chi connectivity index (χ3v) is 6.37. The van der Waals surface area contributed by atoms with Crippen molar-refractivity contribution in [2.24, 2.45) is 0 Å². The van der Waals surface area contributed by atoms with Crippen molar-refractivity contribution in [2.75, 3.05) is 5.32 Å². The van der Waals surface area contributed by atoms with E-state index in [1.807, 2.05) is 22.6 Å². The molecule has 2 N–H and O–H groups in total. The highest BCUT2D eigenvalue weighted by Gasteiger charge is 2.42. The molecule has 0 aliphatic carbocycles. The van der Waals surface area contributed by atoms with Gasteiger partial charge >= 0.3 is 6.03 Å². The van der Waals surface area contributed by atoms with Crippen molar-refractivity contribution in [3.8, 4) is 0 Å². The Kier molecular flexibility index (Phi) is 4.23. The van der Waals surface area contributed by atoms with E-state index < -0.39 is 5.82 Å². The standard InChI is InChI=1S/C17H14ClFIN3O2/c18-11-5-12(19)14(6-13(11)20)22-17(25)23-9-1-2-15(23)10-7-21-16(24)4-8(10)3-9/h4-7,9,15H,1-3H2,(H,21,24)(H,22,25)/t9-,15+/m0/s1. The van der Waals surface area contributed by atoms with E-state index in [4.69, 9.17) is 11.6 Å². The molecule has 2 amide bonds. The zero-order valence-electron chi connectivity index (χ0n) is 13.0. The lowest BCUT2D eigenvalue weighted by Gasteiger charge is -2.36. The first kappa shape index (κ1) is 16.8. The molecule has 1 fully saturated rings. The monoisotopic (exact) mass is 473 g/mol. The Morgan fingerprint density at radius 1 is 1.36 bits per heavy atom. The predicted molar refractivity (Wildman–Crippen MR) is 102 cm³/mol. The van der Waals surface area contributed by atoms with E-state index in [-0.39, 0.29) is 29.4 Å². The molecule has 2 aliphatic heterocycles. The number of nitrogens with zero attached hydrogens (tertiary/aromatic N) is 1. The number of rotatable bonds is 1. The quantitative estimate of drug-likeness (QED) is 0.484. The number of carbonyl (C=O) groups excluding carboxylic acids is 1. The zero-order chi connectivity index (χ0) is 17.7. The number of anilines is 1. The number of hydrogen-bond donors (Lipinski definition) is 2. The van der Waals surface area contributed by atoms with Crippen molar-refractivity contribution < 1.29 is 9.18 Å². The molecule has 0 spiro atoms. The molecule has 0 unspecified atom stereocenters. The van der Waals surface area contributed by atoms with E-state index in [9.17, 15) is 14.0 Å². The average Bonchev–Trinajstić information content (AvgIpc) is 2.88. The molecule has 2 bridgehead atoms. The van der Waals surface area contributed by atoms with Gasteiger partial charge in [0, 0.05) is 21.9 Å². The number of urea groups is 1. The number of nitrogens with one attached hydrogen (secondary N) is 2. The number of hydrogen-bond acceptors (Lipinski definition) is 2. The number of pyridine rings is 1. The maximum absolute atomic E-state index is 14.1. The van der Waals surface area contributed by atoms with E-state index in [1.54, 1.807) is 17.2 Å². The van der Waals surface area contributed by atoms with E-state index >= 15 is 0 Å². The zero-order valence-corrected chi connectivity index (χ0v) is 15.9. The molecule has 2 atom stereocenters. The van der Waals surface area contributed by atoms with Crippen LogP contribution in [0.5, 0.6) is 0 Å². The van der Waals surface area contributed by atoms with Gasteiger partial charge in [0.2, 0.25) is 5.56 Å². The number of carbonyl (C=O) groups is 1. The molecule has 1 saturated heterocycles. The van der Waals surface area contributed by atoms with Gasteiger partial charge in [0.15, 0.2) is 0 Å². The minimum atomic E-state index is -0.562. The second-order valence-electron chi connectivity index (χ2n) is 6.31. The van der Waals surface area contributed by atoms with E-state index in [0.29, 0.717) is 15.0 Å². The average molecular weight is 474 g/mol. The van der Waals surface area contributed by atoms with Crippen molar-refractivity contribution in [3.63, 3.8) is 0 Å². The van der Waals surface area contributed by atoms with Gasteiger partial charge in [-0.05, 0) is 65.1 Å². The summed E-state index contributed by atoms with van der Waals surface area (Å²) in [4.78, 5) is 28.8. The SMILES string of the molecule is O=C(Nc1cc(I)c(Cl)cc1F)N1[C@H]2CC[C@@H]1c1c[nH]c(=O)cc1C2. The Morgan fingerprint density at radius 3 is 2.96 bits per heavy atom. The van der Waals surface area contributed by atoms with Crippen LogP contribution in [0.2, 0.25) is 5.02 Å². The molecule has 2 aliphatic rings. The highest BCUT2D eigenvalue weighted by molar-refractivity contribution is 14.1. The second-order valence-corrected chi connectivity index (χ2v) is 7.88. The van der Waals surface area contributed by atoms with Gasteiger partial charge in [-0.1, -0.05) is 11.6 Å². The Morgan fingerprint density at radius 2 is 2.16 bits per heavy atom. The van der Waals surface area contributed by atoms with Crippen LogP contribution in [-0.4, -0.2) is 22.0 Å². The minimum absolute atomic E-state index is 0.0220. The van der Waals surface area contributed by atoms with Crippen LogP contribution in [0, 0.1) is 9.39 Å². The van der Waals surface area contributed by atoms with Crippen molar-refractivity contribution in [3.05, 3.63) is 60.3 Å². The van der Waals surface area contributed by atoms with Crippen molar-refractivity contribution >= 4 is 45.9 Å². The summed E-state index contributed by atoms with van der Waals surface area (Å²) in [7, 11) is 0. The van der Waals surface area contributed by atoms with Crippen molar-refractivity contribution in [2.45, 2.75) is 31.3 Å². The molecule has 8 heteroatoms. The molecule has 0 radical (unpaired) electrons. The smallest absolute Gasteiger partial charge is 0.322 e. The molecule has 25 heavy (non-hydrogen) atoms. The molecular weight excluding hydrogens is 460 g/mol. The Bertz CT molecular complexity index is 933. The van der Waals surface area contributed by atoms with Gasteiger partial charge in [0.05, 0.1) is 16.8 Å². The number of aromatic nitrogens is 1. The first-order valence-electron chi connectivity index (χ1n) is 7.89. The largest absolute Gasteiger partial charge is 0.329 e. The molecule has 2 aromatic rings. The van der Waals surface area contributed by atoms with Crippen LogP contribution in [0.3, 0.4) is 0 Å². The summed E-state index contributed by atoms with van der Waals surface area (Å²) in [6, 6.07) is 3.92. The lowest BCUT2D eigenvalue weighted by molar-refractivity contribution is 0.179. The van der Waals surface area contributed by atoms with Gasteiger partial charge in [-0.2, -0.15) is 0 Å². The molecule has 5 nitrogen and oxygen atoms in total. The Labute approximate surface area is 161 Å². The van der Waals surface area contributed by atoms with Gasteiger partial charge in [0.1, 0.15) is 5.82 Å². The van der Waals surface area contributed by atoms with Crippen molar-refractivity contribution in [1.82, 2.24) is 9.88 Å². The summed E-state index contributed by atoms with van der Waals surface area (Å²) in [6.45, 7) is 0. The summed E-state index contributed by atoms with van der Waals surface area (Å²) in [5, 5.41) is 2.98. The molecule has 3 heterocycles. The lowest BCUT2D eigenvalue weighted by Crippen LogP contribution is -2.44. The summed E-state index contributed by atoms with van der Waals surface area (Å²) in [6.07, 6.45) is 4.03. The van der Waals surface area contributed by atoms with Crippen molar-refractivity contribution in [1.29, 1.82) is 0 Å². The third-order valence-electron chi connectivity index (χ3n) is 4.85. The van der Waals surface area contributed by atoms with Crippen LogP contribution in [0.1, 0.15) is 30.0 Å². The van der Waals surface area contributed by atoms with Crippen LogP contribution in [0.15, 0.2) is 29.2 Å². The first-order chi connectivity index (χ1) is 11.9. The van der Waals surface area contributed by atoms with Gasteiger partial charge in [-0.25, -0.2) is 9.18 Å². The number of amides is 2. The number of fused-ring (bicyclic) bond motifs is 4. The summed E-state index contributed by atoms with van der Waals surface area (Å²) in [5.74, 6) is -0.562. The molecule has 4 rings (SSSR count). The number of H-pyrrole nitrogens is 1. The van der Waals surface area contributed by atoms with Crippen LogP contribution in [0.4, 0.5) is 14.9 Å². The predicted octanol–water partition coefficient (Wildman–Crippen LogP) is 4.07. The lowest BCUT2D eigenvalue weighted by atomic mass is 9.95. The Balaban J connectivity index is 1.63. The summed E-state index contributed by atoms with van der Waals surface area (Å²) < 4.78 is 14.8. The summed E-state index contributed by atoms with van der Waals surface area (Å²) in [5.41, 5.74) is 1.95.